The Balaban J connectivity index is 1.86. The minimum absolute atomic E-state index is 0.420. The second-order valence-electron chi connectivity index (χ2n) is 6.18. The number of fused-ring (bicyclic) bond motifs is 1. The first-order valence-corrected chi connectivity index (χ1v) is 7.87. The number of hydrogen-bond donors (Lipinski definition) is 1. The Morgan fingerprint density at radius 2 is 2.33 bits per heavy atom. The largest absolute Gasteiger partial charge is 0.330 e. The van der Waals surface area contributed by atoms with Gasteiger partial charge in [0.05, 0.1) is 17.1 Å². The van der Waals surface area contributed by atoms with Crippen LogP contribution in [0.25, 0.3) is 11.3 Å². The molecule has 2 aliphatic carbocycles. The minimum atomic E-state index is 0.420. The highest BCUT2D eigenvalue weighted by Gasteiger charge is 2.28. The van der Waals surface area contributed by atoms with Gasteiger partial charge in [-0.25, -0.2) is 0 Å². The van der Waals surface area contributed by atoms with Crippen molar-refractivity contribution in [2.75, 3.05) is 6.54 Å². The van der Waals surface area contributed by atoms with Crippen LogP contribution >= 0.6 is 0 Å². The molecule has 2 atom stereocenters. The normalized spacial score (nSPS) is 26.3. The number of nitrogens with two attached hydrogens (primary N) is 1. The number of nitrogens with zero attached hydrogens (tertiary/aromatic N) is 2. The molecule has 2 N–H and O–H groups in total. The van der Waals surface area contributed by atoms with Crippen LogP contribution < -0.4 is 5.73 Å². The van der Waals surface area contributed by atoms with Gasteiger partial charge in [-0.1, -0.05) is 19.1 Å². The first-order chi connectivity index (χ1) is 10.3. The molecule has 1 aliphatic heterocycles. The molecule has 0 saturated heterocycles. The van der Waals surface area contributed by atoms with E-state index in [1.807, 2.05) is 0 Å². The van der Waals surface area contributed by atoms with Crippen molar-refractivity contribution in [2.24, 2.45) is 22.6 Å². The average molecular weight is 279 g/mol. The molecule has 3 heteroatoms. The van der Waals surface area contributed by atoms with E-state index in [0.717, 1.165) is 25.8 Å². The van der Waals surface area contributed by atoms with Crippen molar-refractivity contribution in [1.82, 2.24) is 4.57 Å². The first kappa shape index (κ1) is 12.8. The monoisotopic (exact) mass is 279 g/mol. The predicted octanol–water partition coefficient (Wildman–Crippen LogP) is 3.24. The SMILES string of the molecule is CC1C2=C(C=CC1CCN)n1ccc3c1C(=CCC3)C=N2. The van der Waals surface area contributed by atoms with E-state index < -0.39 is 0 Å². The maximum absolute atomic E-state index is 5.75. The van der Waals surface area contributed by atoms with Crippen molar-refractivity contribution < 1.29 is 0 Å². The highest BCUT2D eigenvalue weighted by atomic mass is 15.0. The number of hydrogen-bond acceptors (Lipinski definition) is 2. The van der Waals surface area contributed by atoms with E-state index in [0.29, 0.717) is 11.8 Å². The van der Waals surface area contributed by atoms with Crippen molar-refractivity contribution in [3.63, 3.8) is 0 Å². The maximum Gasteiger partial charge on any atom is 0.0677 e. The first-order valence-electron chi connectivity index (χ1n) is 7.87. The van der Waals surface area contributed by atoms with Crippen molar-refractivity contribution in [3.05, 3.63) is 47.4 Å². The number of aliphatic imine (C=N–C) groups is 1. The van der Waals surface area contributed by atoms with Crippen LogP contribution in [0.4, 0.5) is 0 Å². The van der Waals surface area contributed by atoms with Gasteiger partial charge in [-0.05, 0) is 49.4 Å². The Hall–Kier alpha value is -1.87. The van der Waals surface area contributed by atoms with Crippen molar-refractivity contribution >= 4 is 17.5 Å². The molecule has 3 nitrogen and oxygen atoms in total. The van der Waals surface area contributed by atoms with E-state index in [1.54, 1.807) is 0 Å². The van der Waals surface area contributed by atoms with E-state index in [4.69, 9.17) is 10.7 Å². The summed E-state index contributed by atoms with van der Waals surface area (Å²) >= 11 is 0. The summed E-state index contributed by atoms with van der Waals surface area (Å²) in [7, 11) is 0. The minimum Gasteiger partial charge on any atom is -0.330 e. The number of allylic oxidation sites excluding steroid dienone is 6. The quantitative estimate of drug-likeness (QED) is 0.887. The van der Waals surface area contributed by atoms with Gasteiger partial charge in [0.2, 0.25) is 0 Å². The van der Waals surface area contributed by atoms with Crippen LogP contribution in [0.2, 0.25) is 0 Å². The van der Waals surface area contributed by atoms with Crippen LogP contribution in [0.5, 0.6) is 0 Å². The van der Waals surface area contributed by atoms with Gasteiger partial charge in [0.25, 0.3) is 0 Å². The third kappa shape index (κ3) is 1.88. The summed E-state index contributed by atoms with van der Waals surface area (Å²) in [5.41, 5.74) is 12.2. The smallest absolute Gasteiger partial charge is 0.0677 e. The fourth-order valence-corrected chi connectivity index (χ4v) is 3.76. The van der Waals surface area contributed by atoms with E-state index in [-0.39, 0.29) is 0 Å². The molecule has 4 rings (SSSR count). The molecular weight excluding hydrogens is 258 g/mol. The van der Waals surface area contributed by atoms with Crippen molar-refractivity contribution in [2.45, 2.75) is 26.2 Å². The molecule has 0 aromatic carbocycles. The molecule has 1 aromatic rings. The summed E-state index contributed by atoms with van der Waals surface area (Å²) in [5.74, 6) is 0.920. The Labute approximate surface area is 125 Å². The molecule has 2 heterocycles. The van der Waals surface area contributed by atoms with Crippen LogP contribution in [0.15, 0.2) is 41.2 Å². The maximum atomic E-state index is 5.75. The Kier molecular flexibility index (Phi) is 2.96. The molecule has 2 unspecified atom stereocenters. The Morgan fingerprint density at radius 1 is 1.43 bits per heavy atom. The Morgan fingerprint density at radius 3 is 3.19 bits per heavy atom. The van der Waals surface area contributed by atoms with Gasteiger partial charge >= 0.3 is 0 Å². The summed E-state index contributed by atoms with van der Waals surface area (Å²) < 4.78 is 2.33. The number of rotatable bonds is 2. The molecule has 1 aromatic heterocycles. The van der Waals surface area contributed by atoms with Crippen LogP contribution in [0.1, 0.15) is 31.0 Å². The fourth-order valence-electron chi connectivity index (χ4n) is 3.76. The summed E-state index contributed by atoms with van der Waals surface area (Å²) in [6, 6.07) is 2.26. The second kappa shape index (κ2) is 4.85. The molecule has 108 valence electrons. The third-order valence-electron chi connectivity index (χ3n) is 4.96. The lowest BCUT2D eigenvalue weighted by Crippen LogP contribution is -2.20. The molecular formula is C18H21N3. The van der Waals surface area contributed by atoms with Crippen molar-refractivity contribution in [3.8, 4) is 0 Å². The van der Waals surface area contributed by atoms with Crippen LogP contribution in [0.3, 0.4) is 0 Å². The van der Waals surface area contributed by atoms with Gasteiger partial charge < -0.3 is 10.3 Å². The molecule has 0 amide bonds. The lowest BCUT2D eigenvalue weighted by molar-refractivity contribution is 0.454. The third-order valence-corrected chi connectivity index (χ3v) is 4.96. The standard InChI is InChI=1S/C18H21N3/c1-12-13(7-9-19)5-6-16-17(12)20-11-15-4-2-3-14-8-10-21(16)18(14)15/h4-6,8,10-13H,2-3,7,9,19H2,1H3. The van der Waals surface area contributed by atoms with Crippen LogP contribution in [0, 0.1) is 11.8 Å². The highest BCUT2D eigenvalue weighted by molar-refractivity contribution is 6.12. The molecule has 0 spiro atoms. The second-order valence-corrected chi connectivity index (χ2v) is 6.18. The van der Waals surface area contributed by atoms with Crippen LogP contribution in [-0.4, -0.2) is 17.3 Å². The van der Waals surface area contributed by atoms with Gasteiger partial charge in [-0.3, -0.25) is 4.99 Å². The van der Waals surface area contributed by atoms with Gasteiger partial charge in [0, 0.05) is 23.9 Å². The predicted molar refractivity (Wildman–Crippen MR) is 87.9 cm³/mol. The number of aryl methyl sites for hydroxylation is 1. The van der Waals surface area contributed by atoms with Gasteiger partial charge in [0.1, 0.15) is 0 Å². The summed E-state index contributed by atoms with van der Waals surface area (Å²) in [5, 5.41) is 0. The molecule has 0 fully saturated rings. The van der Waals surface area contributed by atoms with Crippen molar-refractivity contribution in [1.29, 1.82) is 0 Å². The van der Waals surface area contributed by atoms with E-state index >= 15 is 0 Å². The van der Waals surface area contributed by atoms with E-state index in [9.17, 15) is 0 Å². The zero-order chi connectivity index (χ0) is 14.4. The fraction of sp³-hybridized carbons (Fsp3) is 0.389. The Bertz CT molecular complexity index is 700. The summed E-state index contributed by atoms with van der Waals surface area (Å²) in [6.07, 6.45) is 14.4. The average Bonchev–Trinajstić information content (AvgIpc) is 2.85. The summed E-state index contributed by atoms with van der Waals surface area (Å²) in [6.45, 7) is 3.00. The molecule has 0 radical (unpaired) electrons. The zero-order valence-electron chi connectivity index (χ0n) is 12.4. The molecule has 21 heavy (non-hydrogen) atoms. The summed E-state index contributed by atoms with van der Waals surface area (Å²) in [4.78, 5) is 4.85. The topological polar surface area (TPSA) is 43.3 Å². The lowest BCUT2D eigenvalue weighted by Gasteiger charge is -2.27. The molecule has 3 aliphatic rings. The van der Waals surface area contributed by atoms with Crippen LogP contribution in [-0.2, 0) is 6.42 Å². The molecule has 0 bridgehead atoms. The van der Waals surface area contributed by atoms with E-state index in [2.05, 4.69) is 48.2 Å². The van der Waals surface area contributed by atoms with Gasteiger partial charge in [-0.15, -0.1) is 0 Å². The molecule has 0 saturated carbocycles. The highest BCUT2D eigenvalue weighted by Crippen LogP contribution is 2.39. The van der Waals surface area contributed by atoms with E-state index in [1.165, 1.54) is 28.2 Å². The van der Waals surface area contributed by atoms with Gasteiger partial charge in [0.15, 0.2) is 0 Å². The lowest BCUT2D eigenvalue weighted by atomic mass is 9.84. The zero-order valence-corrected chi connectivity index (χ0v) is 12.4. The number of aromatic nitrogens is 1. The van der Waals surface area contributed by atoms with Gasteiger partial charge in [-0.2, -0.15) is 0 Å².